The summed E-state index contributed by atoms with van der Waals surface area (Å²) >= 11 is 0. The number of anilines is 1. The fraction of sp³-hybridized carbons (Fsp3) is 0.385. The number of alkyl halides is 3. The van der Waals surface area contributed by atoms with Crippen molar-refractivity contribution in [1.82, 2.24) is 5.32 Å². The van der Waals surface area contributed by atoms with E-state index in [4.69, 9.17) is 0 Å². The second-order valence-electron chi connectivity index (χ2n) is 4.51. The molecule has 0 saturated carbocycles. The Morgan fingerprint density at radius 3 is 2.55 bits per heavy atom. The first-order valence-corrected chi connectivity index (χ1v) is 6.14. The van der Waals surface area contributed by atoms with Gasteiger partial charge in [0.05, 0.1) is 17.3 Å². The van der Waals surface area contributed by atoms with E-state index >= 15 is 0 Å². The van der Waals surface area contributed by atoms with Gasteiger partial charge in [-0.2, -0.15) is 13.2 Å². The number of carbonyl (C=O) groups is 2. The summed E-state index contributed by atoms with van der Waals surface area (Å²) in [6.07, 6.45) is -3.30. The van der Waals surface area contributed by atoms with Gasteiger partial charge in [-0.1, -0.05) is 12.1 Å². The molecule has 1 aliphatic rings. The number of hydrogen-bond donors (Lipinski definition) is 2. The quantitative estimate of drug-likeness (QED) is 0.835. The molecule has 1 saturated heterocycles. The van der Waals surface area contributed by atoms with Gasteiger partial charge in [0.1, 0.15) is 0 Å². The highest BCUT2D eigenvalue weighted by atomic mass is 19.4. The molecule has 1 aliphatic heterocycles. The van der Waals surface area contributed by atoms with Crippen molar-refractivity contribution in [3.8, 4) is 0 Å². The summed E-state index contributed by atoms with van der Waals surface area (Å²) in [7, 11) is 0. The molecule has 1 aromatic rings. The molecule has 20 heavy (non-hydrogen) atoms. The second-order valence-corrected chi connectivity index (χ2v) is 4.51. The molecular formula is C13H13F3N2O2. The largest absolute Gasteiger partial charge is 0.418 e. The van der Waals surface area contributed by atoms with E-state index in [-0.39, 0.29) is 0 Å². The van der Waals surface area contributed by atoms with Gasteiger partial charge in [-0.15, -0.1) is 0 Å². The van der Waals surface area contributed by atoms with Gasteiger partial charge in [0, 0.05) is 0 Å². The van der Waals surface area contributed by atoms with Gasteiger partial charge < -0.3 is 10.6 Å². The van der Waals surface area contributed by atoms with Crippen molar-refractivity contribution in [2.24, 2.45) is 0 Å². The monoisotopic (exact) mass is 286 g/mol. The molecule has 1 fully saturated rings. The molecule has 1 aromatic carbocycles. The molecule has 0 bridgehead atoms. The van der Waals surface area contributed by atoms with Gasteiger partial charge >= 0.3 is 6.18 Å². The predicted molar refractivity (Wildman–Crippen MR) is 66.1 cm³/mol. The molecule has 2 rings (SSSR count). The third-order valence-corrected chi connectivity index (χ3v) is 3.08. The van der Waals surface area contributed by atoms with Gasteiger partial charge in [0.25, 0.3) is 5.91 Å². The van der Waals surface area contributed by atoms with E-state index in [1.165, 1.54) is 12.1 Å². The maximum absolute atomic E-state index is 12.8. The summed E-state index contributed by atoms with van der Waals surface area (Å²) in [5, 5.41) is 4.88. The lowest BCUT2D eigenvalue weighted by Crippen LogP contribution is -2.39. The third kappa shape index (κ3) is 3.16. The summed E-state index contributed by atoms with van der Waals surface area (Å²) < 4.78 is 38.3. The highest BCUT2D eigenvalue weighted by Gasteiger charge is 2.35. The Kier molecular flexibility index (Phi) is 4.08. The van der Waals surface area contributed by atoms with Gasteiger partial charge in [-0.3, -0.25) is 9.59 Å². The predicted octanol–water partition coefficient (Wildman–Crippen LogP) is 1.96. The molecule has 0 spiro atoms. The van der Waals surface area contributed by atoms with Crippen LogP contribution in [0.25, 0.3) is 0 Å². The summed E-state index contributed by atoms with van der Waals surface area (Å²) in [5.41, 5.74) is -1.38. The Morgan fingerprint density at radius 2 is 1.95 bits per heavy atom. The normalized spacial score (nSPS) is 18.9. The number of carbonyl (C=O) groups excluding carboxylic acids is 2. The van der Waals surface area contributed by atoms with Gasteiger partial charge in [0.15, 0.2) is 0 Å². The van der Waals surface area contributed by atoms with Crippen molar-refractivity contribution in [1.29, 1.82) is 0 Å². The number of para-hydroxylation sites is 1. The first kappa shape index (κ1) is 14.5. The minimum atomic E-state index is -4.58. The molecule has 0 aliphatic carbocycles. The number of rotatable bonds is 3. The fourth-order valence-electron chi connectivity index (χ4n) is 2.09. The number of benzene rings is 1. The fourth-order valence-corrected chi connectivity index (χ4v) is 2.09. The summed E-state index contributed by atoms with van der Waals surface area (Å²) in [6, 6.07) is 3.96. The molecular weight excluding hydrogens is 273 g/mol. The van der Waals surface area contributed by atoms with Crippen LogP contribution in [0.2, 0.25) is 0 Å². The lowest BCUT2D eigenvalue weighted by atomic mass is 10.1. The number of hydrogen-bond acceptors (Lipinski definition) is 3. The zero-order valence-corrected chi connectivity index (χ0v) is 10.5. The number of halogens is 3. The van der Waals surface area contributed by atoms with Crippen molar-refractivity contribution >= 4 is 17.4 Å². The number of amides is 1. The van der Waals surface area contributed by atoms with E-state index in [1.54, 1.807) is 0 Å². The van der Waals surface area contributed by atoms with Crippen molar-refractivity contribution in [2.45, 2.75) is 25.1 Å². The number of nitrogens with one attached hydrogen (secondary N) is 2. The van der Waals surface area contributed by atoms with Crippen LogP contribution in [0.3, 0.4) is 0 Å². The maximum atomic E-state index is 12.8. The van der Waals surface area contributed by atoms with E-state index in [0.717, 1.165) is 18.6 Å². The molecule has 0 aromatic heterocycles. The van der Waals surface area contributed by atoms with E-state index in [1.807, 2.05) is 5.32 Å². The highest BCUT2D eigenvalue weighted by molar-refractivity contribution is 6.42. The lowest BCUT2D eigenvalue weighted by molar-refractivity contribution is -0.138. The minimum Gasteiger partial charge on any atom is -0.319 e. The molecule has 1 atom stereocenters. The topological polar surface area (TPSA) is 58.2 Å². The van der Waals surface area contributed by atoms with Crippen LogP contribution < -0.4 is 10.6 Å². The van der Waals surface area contributed by atoms with Crippen LogP contribution in [0.15, 0.2) is 24.3 Å². The maximum Gasteiger partial charge on any atom is 0.418 e. The number of ketones is 1. The molecule has 1 unspecified atom stereocenters. The third-order valence-electron chi connectivity index (χ3n) is 3.08. The molecule has 2 N–H and O–H groups in total. The average Bonchev–Trinajstić information content (AvgIpc) is 2.91. The zero-order chi connectivity index (χ0) is 14.8. The van der Waals surface area contributed by atoms with E-state index in [2.05, 4.69) is 5.32 Å². The van der Waals surface area contributed by atoms with Crippen LogP contribution in [0.4, 0.5) is 18.9 Å². The molecule has 1 amide bonds. The highest BCUT2D eigenvalue weighted by Crippen LogP contribution is 2.34. The smallest absolute Gasteiger partial charge is 0.319 e. The SMILES string of the molecule is O=C(Nc1ccccc1C(F)(F)F)C(=O)C1CCCN1. The van der Waals surface area contributed by atoms with E-state index < -0.39 is 35.2 Å². The Morgan fingerprint density at radius 1 is 1.25 bits per heavy atom. The van der Waals surface area contributed by atoms with Gasteiger partial charge in [0.2, 0.25) is 5.78 Å². The Labute approximate surface area is 113 Å². The Bertz CT molecular complexity index is 523. The van der Waals surface area contributed by atoms with Crippen LogP contribution in [0, 0.1) is 0 Å². The van der Waals surface area contributed by atoms with Crippen LogP contribution in [-0.4, -0.2) is 24.3 Å². The number of Topliss-reactive ketones (excluding diaryl/α,β-unsaturated/α-hetero) is 1. The first-order chi connectivity index (χ1) is 9.39. The standard InChI is InChI=1S/C13H13F3N2O2/c14-13(15,16)8-4-1-2-5-9(8)18-12(20)11(19)10-6-3-7-17-10/h1-2,4-5,10,17H,3,6-7H2,(H,18,20). The second kappa shape index (κ2) is 5.62. The first-order valence-electron chi connectivity index (χ1n) is 6.14. The zero-order valence-electron chi connectivity index (χ0n) is 10.5. The molecule has 1 heterocycles. The average molecular weight is 286 g/mol. The van der Waals surface area contributed by atoms with E-state index in [0.29, 0.717) is 13.0 Å². The molecule has 108 valence electrons. The van der Waals surface area contributed by atoms with Crippen molar-refractivity contribution in [3.63, 3.8) is 0 Å². The summed E-state index contributed by atoms with van der Waals surface area (Å²) in [5.74, 6) is -1.76. The van der Waals surface area contributed by atoms with Crippen molar-refractivity contribution < 1.29 is 22.8 Å². The summed E-state index contributed by atoms with van der Waals surface area (Å²) in [6.45, 7) is 0.628. The molecule has 7 heteroatoms. The van der Waals surface area contributed by atoms with E-state index in [9.17, 15) is 22.8 Å². The van der Waals surface area contributed by atoms with Crippen LogP contribution in [0.1, 0.15) is 18.4 Å². The summed E-state index contributed by atoms with van der Waals surface area (Å²) in [4.78, 5) is 23.5. The van der Waals surface area contributed by atoms with Crippen molar-refractivity contribution in [2.75, 3.05) is 11.9 Å². The van der Waals surface area contributed by atoms with Crippen LogP contribution >= 0.6 is 0 Å². The van der Waals surface area contributed by atoms with Crippen molar-refractivity contribution in [3.05, 3.63) is 29.8 Å². The minimum absolute atomic E-state index is 0.406. The lowest BCUT2D eigenvalue weighted by Gasteiger charge is -2.14. The van der Waals surface area contributed by atoms with Gasteiger partial charge in [-0.05, 0) is 31.5 Å². The van der Waals surface area contributed by atoms with Gasteiger partial charge in [-0.25, -0.2) is 0 Å². The molecule has 0 radical (unpaired) electrons. The molecule has 4 nitrogen and oxygen atoms in total. The van der Waals surface area contributed by atoms with Crippen LogP contribution in [0.5, 0.6) is 0 Å². The van der Waals surface area contributed by atoms with Crippen LogP contribution in [-0.2, 0) is 15.8 Å². The Balaban J connectivity index is 2.14. The Hall–Kier alpha value is -1.89.